The number of benzene rings is 1. The van der Waals surface area contributed by atoms with Crippen molar-refractivity contribution in [3.8, 4) is 17.0 Å². The maximum absolute atomic E-state index is 6.07. The summed E-state index contributed by atoms with van der Waals surface area (Å²) in [6, 6.07) is 8.22. The zero-order valence-electron chi connectivity index (χ0n) is 15.0. The SMILES string of the molecule is CC(C)Oc1ccc(-c2csc3nc(C(C)(C)C)c(CN)n23)cc1. The maximum atomic E-state index is 6.07. The van der Waals surface area contributed by atoms with Gasteiger partial charge in [0.1, 0.15) is 5.75 Å². The number of nitrogens with zero attached hydrogens (tertiary/aromatic N) is 2. The molecular formula is C19H25N3OS. The highest BCUT2D eigenvalue weighted by Crippen LogP contribution is 2.33. The molecular weight excluding hydrogens is 318 g/mol. The Morgan fingerprint density at radius 3 is 2.42 bits per heavy atom. The molecule has 0 atom stereocenters. The van der Waals surface area contributed by atoms with E-state index in [9.17, 15) is 0 Å². The van der Waals surface area contributed by atoms with Crippen LogP contribution in [0.4, 0.5) is 0 Å². The zero-order valence-corrected chi connectivity index (χ0v) is 15.8. The Balaban J connectivity index is 2.08. The van der Waals surface area contributed by atoms with E-state index in [2.05, 4.69) is 42.7 Å². The molecule has 0 amide bonds. The fourth-order valence-corrected chi connectivity index (χ4v) is 3.80. The summed E-state index contributed by atoms with van der Waals surface area (Å²) in [5, 5.41) is 2.15. The van der Waals surface area contributed by atoms with E-state index in [0.717, 1.165) is 33.4 Å². The quantitative estimate of drug-likeness (QED) is 0.753. The molecule has 0 spiro atoms. The molecule has 0 unspecified atom stereocenters. The summed E-state index contributed by atoms with van der Waals surface area (Å²) in [5.41, 5.74) is 10.5. The summed E-state index contributed by atoms with van der Waals surface area (Å²) in [6.07, 6.45) is 0.176. The fourth-order valence-electron chi connectivity index (χ4n) is 2.88. The molecule has 0 saturated carbocycles. The van der Waals surface area contributed by atoms with Crippen LogP contribution in [0.1, 0.15) is 46.0 Å². The number of hydrogen-bond acceptors (Lipinski definition) is 4. The number of nitrogens with two attached hydrogens (primary N) is 1. The van der Waals surface area contributed by atoms with Crippen molar-refractivity contribution in [3.63, 3.8) is 0 Å². The summed E-state index contributed by atoms with van der Waals surface area (Å²) >= 11 is 1.66. The number of aromatic nitrogens is 2. The Bertz CT molecular complexity index is 838. The second-order valence-corrected chi connectivity index (χ2v) is 8.13. The summed E-state index contributed by atoms with van der Waals surface area (Å²) in [5.74, 6) is 0.889. The monoisotopic (exact) mass is 343 g/mol. The second-order valence-electron chi connectivity index (χ2n) is 7.29. The predicted molar refractivity (Wildman–Crippen MR) is 101 cm³/mol. The Morgan fingerprint density at radius 2 is 1.88 bits per heavy atom. The van der Waals surface area contributed by atoms with Gasteiger partial charge in [-0.25, -0.2) is 4.98 Å². The summed E-state index contributed by atoms with van der Waals surface area (Å²) in [6.45, 7) is 11.1. The molecule has 0 aliphatic heterocycles. The van der Waals surface area contributed by atoms with E-state index in [1.54, 1.807) is 11.3 Å². The van der Waals surface area contributed by atoms with Gasteiger partial charge in [0.25, 0.3) is 0 Å². The van der Waals surface area contributed by atoms with Gasteiger partial charge in [0.2, 0.25) is 0 Å². The number of ether oxygens (including phenoxy) is 1. The molecule has 3 rings (SSSR count). The first-order valence-corrected chi connectivity index (χ1v) is 9.15. The van der Waals surface area contributed by atoms with E-state index in [0.29, 0.717) is 6.54 Å². The second kappa shape index (κ2) is 6.22. The minimum absolute atomic E-state index is 0.0212. The zero-order chi connectivity index (χ0) is 17.5. The smallest absolute Gasteiger partial charge is 0.194 e. The van der Waals surface area contributed by atoms with Crippen molar-refractivity contribution in [1.82, 2.24) is 9.38 Å². The number of thiazole rings is 1. The van der Waals surface area contributed by atoms with E-state index >= 15 is 0 Å². The standard InChI is InChI=1S/C19H25N3OS/c1-12(2)23-14-8-6-13(7-9-14)16-11-24-18-21-17(19(3,4)5)15(10-20)22(16)18/h6-9,11-12H,10,20H2,1-5H3. The third-order valence-electron chi connectivity index (χ3n) is 3.88. The van der Waals surface area contributed by atoms with Crippen LogP contribution in [0, 0.1) is 0 Å². The van der Waals surface area contributed by atoms with Gasteiger partial charge in [-0.2, -0.15) is 0 Å². The summed E-state index contributed by atoms with van der Waals surface area (Å²) < 4.78 is 7.93. The molecule has 4 nitrogen and oxygen atoms in total. The normalized spacial score (nSPS) is 12.3. The van der Waals surface area contributed by atoms with Crippen molar-refractivity contribution in [1.29, 1.82) is 0 Å². The van der Waals surface area contributed by atoms with Crippen LogP contribution >= 0.6 is 11.3 Å². The molecule has 2 N–H and O–H groups in total. The summed E-state index contributed by atoms with van der Waals surface area (Å²) in [7, 11) is 0. The fraction of sp³-hybridized carbons (Fsp3) is 0.421. The number of fused-ring (bicyclic) bond motifs is 1. The van der Waals surface area contributed by atoms with Crippen molar-refractivity contribution in [2.45, 2.75) is 52.7 Å². The Hall–Kier alpha value is -1.85. The topological polar surface area (TPSA) is 52.5 Å². The lowest BCUT2D eigenvalue weighted by Gasteiger charge is -2.17. The van der Waals surface area contributed by atoms with Crippen LogP contribution < -0.4 is 10.5 Å². The van der Waals surface area contributed by atoms with Gasteiger partial charge in [-0.1, -0.05) is 20.8 Å². The van der Waals surface area contributed by atoms with Gasteiger partial charge in [-0.15, -0.1) is 11.3 Å². The first-order chi connectivity index (χ1) is 11.3. The average Bonchev–Trinajstić information content (AvgIpc) is 3.05. The van der Waals surface area contributed by atoms with Gasteiger partial charge >= 0.3 is 0 Å². The van der Waals surface area contributed by atoms with Crippen LogP contribution in [0.2, 0.25) is 0 Å². The molecule has 0 aliphatic carbocycles. The molecule has 24 heavy (non-hydrogen) atoms. The van der Waals surface area contributed by atoms with Crippen LogP contribution in [0.5, 0.6) is 5.75 Å². The summed E-state index contributed by atoms with van der Waals surface area (Å²) in [4.78, 5) is 5.83. The van der Waals surface area contributed by atoms with E-state index in [1.807, 2.05) is 26.0 Å². The average molecular weight is 343 g/mol. The van der Waals surface area contributed by atoms with Crippen LogP contribution in [0.15, 0.2) is 29.6 Å². The van der Waals surface area contributed by atoms with Crippen molar-refractivity contribution < 1.29 is 4.74 Å². The van der Waals surface area contributed by atoms with Crippen LogP contribution in [0.3, 0.4) is 0 Å². The number of hydrogen-bond donors (Lipinski definition) is 1. The largest absolute Gasteiger partial charge is 0.491 e. The van der Waals surface area contributed by atoms with E-state index in [-0.39, 0.29) is 11.5 Å². The maximum Gasteiger partial charge on any atom is 0.194 e. The molecule has 128 valence electrons. The van der Waals surface area contributed by atoms with Crippen molar-refractivity contribution >= 4 is 16.3 Å². The van der Waals surface area contributed by atoms with Gasteiger partial charge in [0.15, 0.2) is 4.96 Å². The molecule has 0 radical (unpaired) electrons. The van der Waals surface area contributed by atoms with Gasteiger partial charge < -0.3 is 10.5 Å². The lowest BCUT2D eigenvalue weighted by Crippen LogP contribution is -2.17. The molecule has 1 aromatic carbocycles. The molecule has 0 fully saturated rings. The number of rotatable bonds is 4. The predicted octanol–water partition coefficient (Wildman–Crippen LogP) is 4.61. The van der Waals surface area contributed by atoms with Crippen LogP contribution in [-0.2, 0) is 12.0 Å². The lowest BCUT2D eigenvalue weighted by atomic mass is 9.90. The lowest BCUT2D eigenvalue weighted by molar-refractivity contribution is 0.242. The first kappa shape index (κ1) is 17.0. The van der Waals surface area contributed by atoms with Crippen LogP contribution in [0.25, 0.3) is 16.2 Å². The van der Waals surface area contributed by atoms with Crippen LogP contribution in [-0.4, -0.2) is 15.5 Å². The molecule has 3 aromatic rings. The molecule has 5 heteroatoms. The first-order valence-electron chi connectivity index (χ1n) is 8.27. The van der Waals surface area contributed by atoms with Crippen molar-refractivity contribution in [3.05, 3.63) is 41.0 Å². The molecule has 0 bridgehead atoms. The van der Waals surface area contributed by atoms with Gasteiger partial charge in [-0.05, 0) is 43.7 Å². The van der Waals surface area contributed by atoms with E-state index < -0.39 is 0 Å². The van der Waals surface area contributed by atoms with E-state index in [1.165, 1.54) is 0 Å². The molecule has 2 aromatic heterocycles. The van der Waals surface area contributed by atoms with Gasteiger partial charge in [-0.3, -0.25) is 4.40 Å². The Kier molecular flexibility index (Phi) is 4.40. The van der Waals surface area contributed by atoms with E-state index in [4.69, 9.17) is 15.5 Å². The Labute approximate surface area is 147 Å². The van der Waals surface area contributed by atoms with Crippen molar-refractivity contribution in [2.75, 3.05) is 0 Å². The molecule has 0 aliphatic rings. The Morgan fingerprint density at radius 1 is 1.21 bits per heavy atom. The highest BCUT2D eigenvalue weighted by Gasteiger charge is 2.25. The third kappa shape index (κ3) is 3.06. The van der Waals surface area contributed by atoms with Gasteiger partial charge in [0, 0.05) is 17.3 Å². The molecule has 0 saturated heterocycles. The third-order valence-corrected chi connectivity index (χ3v) is 4.71. The minimum atomic E-state index is -0.0212. The number of imidazole rings is 1. The van der Waals surface area contributed by atoms with Gasteiger partial charge in [0.05, 0.1) is 23.2 Å². The highest BCUT2D eigenvalue weighted by molar-refractivity contribution is 7.15. The highest BCUT2D eigenvalue weighted by atomic mass is 32.1. The van der Waals surface area contributed by atoms with Crippen molar-refractivity contribution in [2.24, 2.45) is 5.73 Å². The minimum Gasteiger partial charge on any atom is -0.491 e. The molecule has 2 heterocycles.